The van der Waals surface area contributed by atoms with E-state index in [1.165, 1.54) is 0 Å². The van der Waals surface area contributed by atoms with Crippen molar-refractivity contribution < 1.29 is 19.1 Å². The Kier molecular flexibility index (Phi) is 5.31. The quantitative estimate of drug-likeness (QED) is 0.699. The van der Waals surface area contributed by atoms with Gasteiger partial charge in [-0.1, -0.05) is 42.5 Å². The Morgan fingerprint density at radius 2 is 1.79 bits per heavy atom. The second-order valence-electron chi connectivity index (χ2n) is 7.90. The van der Waals surface area contributed by atoms with Gasteiger partial charge in [0.25, 0.3) is 5.91 Å². The lowest BCUT2D eigenvalue weighted by molar-refractivity contribution is -0.157. The van der Waals surface area contributed by atoms with E-state index in [1.807, 2.05) is 54.3 Å². The Morgan fingerprint density at radius 1 is 1.07 bits per heavy atom. The van der Waals surface area contributed by atoms with Crippen LogP contribution in [0.2, 0.25) is 0 Å². The number of hydrogen-bond donors (Lipinski definition) is 0. The maximum absolute atomic E-state index is 13.5. The van der Waals surface area contributed by atoms with E-state index in [4.69, 9.17) is 9.47 Å². The molecule has 2 aliphatic rings. The van der Waals surface area contributed by atoms with E-state index in [2.05, 4.69) is 0 Å². The molecule has 0 N–H and O–H groups in total. The second kappa shape index (κ2) is 7.90. The molecule has 0 spiro atoms. The fourth-order valence-corrected chi connectivity index (χ4v) is 5.17. The molecule has 2 fully saturated rings. The highest BCUT2D eigenvalue weighted by atomic mass is 16.5. The third-order valence-corrected chi connectivity index (χ3v) is 6.36. The molecule has 1 amide bonds. The van der Waals surface area contributed by atoms with E-state index >= 15 is 0 Å². The summed E-state index contributed by atoms with van der Waals surface area (Å²) in [6.45, 7) is 2.17. The molecule has 0 unspecified atom stereocenters. The van der Waals surface area contributed by atoms with E-state index in [-0.39, 0.29) is 24.0 Å². The van der Waals surface area contributed by atoms with E-state index in [0.717, 1.165) is 18.4 Å². The van der Waals surface area contributed by atoms with Gasteiger partial charge in [0.05, 0.1) is 24.7 Å². The molecule has 2 aromatic rings. The van der Waals surface area contributed by atoms with Crippen molar-refractivity contribution in [1.29, 1.82) is 0 Å². The van der Waals surface area contributed by atoms with Crippen LogP contribution < -0.4 is 4.74 Å². The highest BCUT2D eigenvalue weighted by molar-refractivity contribution is 5.98. The predicted molar refractivity (Wildman–Crippen MR) is 110 cm³/mol. The van der Waals surface area contributed by atoms with Gasteiger partial charge >= 0.3 is 5.97 Å². The summed E-state index contributed by atoms with van der Waals surface area (Å²) in [5, 5.41) is 0. The van der Waals surface area contributed by atoms with Crippen molar-refractivity contribution in [3.05, 3.63) is 65.7 Å². The number of hydrogen-bond acceptors (Lipinski definition) is 4. The summed E-state index contributed by atoms with van der Waals surface area (Å²) in [5.41, 5.74) is 0.946. The molecule has 2 saturated heterocycles. The summed E-state index contributed by atoms with van der Waals surface area (Å²) in [6.07, 6.45) is 2.97. The third-order valence-electron chi connectivity index (χ3n) is 6.36. The number of carbonyl (C=O) groups is 2. The first-order valence-electron chi connectivity index (χ1n) is 10.3. The Morgan fingerprint density at radius 3 is 2.52 bits per heavy atom. The first-order chi connectivity index (χ1) is 14.1. The van der Waals surface area contributed by atoms with Crippen molar-refractivity contribution in [3.63, 3.8) is 0 Å². The highest BCUT2D eigenvalue weighted by Crippen LogP contribution is 2.53. The first-order valence-corrected chi connectivity index (χ1v) is 10.3. The average molecular weight is 393 g/mol. The summed E-state index contributed by atoms with van der Waals surface area (Å²) in [7, 11) is 1.57. The second-order valence-corrected chi connectivity index (χ2v) is 7.90. The van der Waals surface area contributed by atoms with Gasteiger partial charge in [0.1, 0.15) is 5.75 Å². The minimum Gasteiger partial charge on any atom is -0.496 e. The van der Waals surface area contributed by atoms with Crippen molar-refractivity contribution >= 4 is 11.9 Å². The Hall–Kier alpha value is -2.82. The van der Waals surface area contributed by atoms with Crippen LogP contribution in [0.25, 0.3) is 0 Å². The fourth-order valence-electron chi connectivity index (χ4n) is 5.17. The molecule has 4 rings (SSSR count). The molecule has 0 saturated carbocycles. The van der Waals surface area contributed by atoms with Gasteiger partial charge in [-0.25, -0.2) is 0 Å². The molecular weight excluding hydrogens is 366 g/mol. The van der Waals surface area contributed by atoms with Gasteiger partial charge in [-0.15, -0.1) is 0 Å². The maximum Gasteiger partial charge on any atom is 0.314 e. The van der Waals surface area contributed by atoms with Crippen LogP contribution in [0, 0.1) is 5.41 Å². The molecule has 3 atom stereocenters. The van der Waals surface area contributed by atoms with Gasteiger partial charge in [0, 0.05) is 12.1 Å². The number of amides is 1. The van der Waals surface area contributed by atoms with Gasteiger partial charge < -0.3 is 14.4 Å². The van der Waals surface area contributed by atoms with Crippen LogP contribution in [0.1, 0.15) is 42.1 Å². The van der Waals surface area contributed by atoms with Crippen LogP contribution in [0.3, 0.4) is 0 Å². The SMILES string of the molecule is CCOC(=O)[C@@]1(Cc2ccccc2)C[C@H]2CC[C@@H]1N2C(=O)c1ccccc1OC. The maximum atomic E-state index is 13.5. The zero-order valence-corrected chi connectivity index (χ0v) is 17.0. The minimum atomic E-state index is -0.696. The smallest absolute Gasteiger partial charge is 0.314 e. The highest BCUT2D eigenvalue weighted by Gasteiger charge is 2.62. The zero-order valence-electron chi connectivity index (χ0n) is 17.0. The van der Waals surface area contributed by atoms with Crippen LogP contribution in [0.5, 0.6) is 5.75 Å². The van der Waals surface area contributed by atoms with E-state index in [0.29, 0.717) is 30.8 Å². The molecule has 2 heterocycles. The van der Waals surface area contributed by atoms with Crippen LogP contribution in [0.4, 0.5) is 0 Å². The monoisotopic (exact) mass is 393 g/mol. The van der Waals surface area contributed by atoms with Gasteiger partial charge in [-0.05, 0) is 50.3 Å². The van der Waals surface area contributed by atoms with E-state index < -0.39 is 5.41 Å². The normalized spacial score (nSPS) is 25.1. The van der Waals surface area contributed by atoms with Crippen molar-refractivity contribution in [1.82, 2.24) is 4.90 Å². The number of benzene rings is 2. The number of ether oxygens (including phenoxy) is 2. The molecule has 2 aliphatic heterocycles. The van der Waals surface area contributed by atoms with Crippen molar-refractivity contribution in [2.45, 2.75) is 44.7 Å². The zero-order chi connectivity index (χ0) is 20.4. The number of nitrogens with zero attached hydrogens (tertiary/aromatic N) is 1. The number of carbonyl (C=O) groups excluding carboxylic acids is 2. The molecular formula is C24H27NO4. The number of para-hydroxylation sites is 1. The van der Waals surface area contributed by atoms with E-state index in [9.17, 15) is 9.59 Å². The number of methoxy groups -OCH3 is 1. The summed E-state index contributed by atoms with van der Waals surface area (Å²) >= 11 is 0. The molecule has 2 aromatic carbocycles. The fraction of sp³-hybridized carbons (Fsp3) is 0.417. The number of rotatable bonds is 6. The largest absolute Gasteiger partial charge is 0.496 e. The van der Waals surface area contributed by atoms with Crippen LogP contribution in [-0.2, 0) is 16.0 Å². The predicted octanol–water partition coefficient (Wildman–Crippen LogP) is 3.86. The first kappa shape index (κ1) is 19.5. The third kappa shape index (κ3) is 3.28. The number of fused-ring (bicyclic) bond motifs is 2. The summed E-state index contributed by atoms with van der Waals surface area (Å²) in [6, 6.07) is 17.2. The topological polar surface area (TPSA) is 55.8 Å². The lowest BCUT2D eigenvalue weighted by atomic mass is 9.70. The molecule has 0 aromatic heterocycles. The molecule has 152 valence electrons. The Balaban J connectivity index is 1.70. The van der Waals surface area contributed by atoms with Crippen molar-refractivity contribution in [3.8, 4) is 5.75 Å². The van der Waals surface area contributed by atoms with Crippen LogP contribution in [-0.4, -0.2) is 42.6 Å². The Labute approximate surface area is 171 Å². The molecule has 0 radical (unpaired) electrons. The van der Waals surface area contributed by atoms with Gasteiger partial charge in [0.15, 0.2) is 0 Å². The van der Waals surface area contributed by atoms with Gasteiger partial charge in [-0.2, -0.15) is 0 Å². The van der Waals surface area contributed by atoms with Crippen LogP contribution in [0.15, 0.2) is 54.6 Å². The number of esters is 1. The standard InChI is InChI=1S/C24H27NO4/c1-3-29-23(27)24(15-17-9-5-4-6-10-17)16-18-13-14-21(24)25(18)22(26)19-11-7-8-12-20(19)28-2/h4-12,18,21H,3,13-16H2,1-2H3/t18-,21+,24+/m1/s1. The van der Waals surface area contributed by atoms with Gasteiger partial charge in [-0.3, -0.25) is 9.59 Å². The van der Waals surface area contributed by atoms with E-state index in [1.54, 1.807) is 19.2 Å². The molecule has 0 aliphatic carbocycles. The lowest BCUT2D eigenvalue weighted by Gasteiger charge is -2.35. The summed E-state index contributed by atoms with van der Waals surface area (Å²) < 4.78 is 10.9. The molecule has 5 nitrogen and oxygen atoms in total. The summed E-state index contributed by atoms with van der Waals surface area (Å²) in [5.74, 6) is 0.316. The Bertz CT molecular complexity index is 897. The van der Waals surface area contributed by atoms with Crippen molar-refractivity contribution in [2.24, 2.45) is 5.41 Å². The van der Waals surface area contributed by atoms with Crippen molar-refractivity contribution in [2.75, 3.05) is 13.7 Å². The molecule has 29 heavy (non-hydrogen) atoms. The van der Waals surface area contributed by atoms with Gasteiger partial charge in [0.2, 0.25) is 0 Å². The summed E-state index contributed by atoms with van der Waals surface area (Å²) in [4.78, 5) is 28.6. The minimum absolute atomic E-state index is 0.0468. The molecule has 2 bridgehead atoms. The average Bonchev–Trinajstić information content (AvgIpc) is 3.30. The van der Waals surface area contributed by atoms with Crippen LogP contribution >= 0.6 is 0 Å². The molecule has 5 heteroatoms. The lowest BCUT2D eigenvalue weighted by Crippen LogP contribution is -2.47.